The molecule has 0 amide bonds. The molecule has 27 heavy (non-hydrogen) atoms. The summed E-state index contributed by atoms with van der Waals surface area (Å²) in [6, 6.07) is 9.78. The molecule has 0 saturated heterocycles. The second kappa shape index (κ2) is 7.08. The number of hydrogen-bond donors (Lipinski definition) is 1. The molecule has 1 aromatic carbocycles. The monoisotopic (exact) mass is 360 g/mol. The molecule has 1 aliphatic rings. The molecule has 5 heteroatoms. The summed E-state index contributed by atoms with van der Waals surface area (Å²) in [5, 5.41) is 0.899. The number of aldehydes is 1. The van der Waals surface area contributed by atoms with E-state index >= 15 is 0 Å². The molecule has 0 aliphatic carbocycles. The van der Waals surface area contributed by atoms with Gasteiger partial charge in [0, 0.05) is 46.2 Å². The number of aromatic nitrogens is 2. The fourth-order valence-electron chi connectivity index (χ4n) is 3.89. The third-order valence-corrected chi connectivity index (χ3v) is 5.37. The van der Waals surface area contributed by atoms with Gasteiger partial charge >= 0.3 is 0 Å². The molecule has 138 valence electrons. The lowest BCUT2D eigenvalue weighted by Crippen LogP contribution is -2.24. The molecule has 0 bridgehead atoms. The van der Waals surface area contributed by atoms with E-state index in [1.807, 2.05) is 31.3 Å². The van der Waals surface area contributed by atoms with Crippen molar-refractivity contribution in [2.24, 2.45) is 0 Å². The second-order valence-corrected chi connectivity index (χ2v) is 7.18. The van der Waals surface area contributed by atoms with Crippen LogP contribution < -0.4 is 5.73 Å². The summed E-state index contributed by atoms with van der Waals surface area (Å²) in [5.74, 6) is 0. The summed E-state index contributed by atoms with van der Waals surface area (Å²) in [6.07, 6.45) is 5.02. The number of rotatable bonds is 5. The molecule has 0 spiro atoms. The first-order valence-corrected chi connectivity index (χ1v) is 9.47. The number of nitrogens with zero attached hydrogens (tertiary/aromatic N) is 3. The molecule has 0 saturated carbocycles. The molecule has 2 N–H and O–H groups in total. The van der Waals surface area contributed by atoms with Crippen molar-refractivity contribution < 1.29 is 4.79 Å². The van der Waals surface area contributed by atoms with Gasteiger partial charge < -0.3 is 10.5 Å². The summed E-state index contributed by atoms with van der Waals surface area (Å²) in [5.41, 5.74) is 12.9. The molecule has 2 aromatic heterocycles. The number of anilines is 1. The first-order chi connectivity index (χ1) is 13.1. The van der Waals surface area contributed by atoms with Crippen LogP contribution in [-0.2, 0) is 11.3 Å². The van der Waals surface area contributed by atoms with E-state index in [-0.39, 0.29) is 6.04 Å². The SMILES string of the molecule is CCCCN1Cc2nc3c(-c4ccc(C)nc4)cccc3c(N)c2C1C=O. The summed E-state index contributed by atoms with van der Waals surface area (Å²) in [7, 11) is 0. The maximum atomic E-state index is 11.8. The van der Waals surface area contributed by atoms with Crippen molar-refractivity contribution in [3.63, 3.8) is 0 Å². The molecule has 0 fully saturated rings. The van der Waals surface area contributed by atoms with E-state index in [0.717, 1.165) is 64.7 Å². The Balaban J connectivity index is 1.87. The Bertz CT molecular complexity index is 997. The van der Waals surface area contributed by atoms with Crippen LogP contribution >= 0.6 is 0 Å². The zero-order valence-electron chi connectivity index (χ0n) is 15.8. The van der Waals surface area contributed by atoms with Gasteiger partial charge in [0.05, 0.1) is 17.3 Å². The highest BCUT2D eigenvalue weighted by molar-refractivity contribution is 6.01. The van der Waals surface area contributed by atoms with E-state index < -0.39 is 0 Å². The highest BCUT2D eigenvalue weighted by Gasteiger charge is 2.33. The lowest BCUT2D eigenvalue weighted by atomic mass is 9.98. The second-order valence-electron chi connectivity index (χ2n) is 7.18. The van der Waals surface area contributed by atoms with Crippen molar-refractivity contribution in [3.8, 4) is 11.1 Å². The van der Waals surface area contributed by atoms with E-state index in [1.54, 1.807) is 0 Å². The van der Waals surface area contributed by atoms with Gasteiger partial charge in [0.15, 0.2) is 0 Å². The Morgan fingerprint density at radius 1 is 1.30 bits per heavy atom. The van der Waals surface area contributed by atoms with Crippen LogP contribution in [0.1, 0.15) is 42.8 Å². The number of fused-ring (bicyclic) bond motifs is 2. The van der Waals surface area contributed by atoms with Gasteiger partial charge in [0.25, 0.3) is 0 Å². The first kappa shape index (κ1) is 17.6. The summed E-state index contributed by atoms with van der Waals surface area (Å²) >= 11 is 0. The molecule has 1 unspecified atom stereocenters. The largest absolute Gasteiger partial charge is 0.398 e. The van der Waals surface area contributed by atoms with Crippen molar-refractivity contribution in [2.75, 3.05) is 12.3 Å². The quantitative estimate of drug-likeness (QED) is 0.695. The van der Waals surface area contributed by atoms with Crippen LogP contribution in [0.3, 0.4) is 0 Å². The van der Waals surface area contributed by atoms with E-state index in [1.165, 1.54) is 0 Å². The van der Waals surface area contributed by atoms with Crippen LogP contribution in [0.2, 0.25) is 0 Å². The average molecular weight is 360 g/mol. The topological polar surface area (TPSA) is 72.1 Å². The smallest absolute Gasteiger partial charge is 0.141 e. The Morgan fingerprint density at radius 2 is 2.15 bits per heavy atom. The molecule has 4 rings (SSSR count). The Kier molecular flexibility index (Phi) is 4.62. The van der Waals surface area contributed by atoms with E-state index in [0.29, 0.717) is 12.2 Å². The van der Waals surface area contributed by atoms with Gasteiger partial charge in [-0.25, -0.2) is 0 Å². The molecule has 0 radical (unpaired) electrons. The van der Waals surface area contributed by atoms with Gasteiger partial charge in [0.1, 0.15) is 6.29 Å². The molecule has 5 nitrogen and oxygen atoms in total. The highest BCUT2D eigenvalue weighted by Crippen LogP contribution is 2.41. The minimum absolute atomic E-state index is 0.298. The van der Waals surface area contributed by atoms with E-state index in [4.69, 9.17) is 10.7 Å². The van der Waals surface area contributed by atoms with Crippen molar-refractivity contribution in [1.82, 2.24) is 14.9 Å². The zero-order valence-corrected chi connectivity index (χ0v) is 15.8. The van der Waals surface area contributed by atoms with Crippen molar-refractivity contribution in [3.05, 3.63) is 53.5 Å². The number of pyridine rings is 2. The molecule has 3 aromatic rings. The minimum Gasteiger partial charge on any atom is -0.398 e. The Morgan fingerprint density at radius 3 is 2.85 bits per heavy atom. The van der Waals surface area contributed by atoms with Gasteiger partial charge in [-0.2, -0.15) is 0 Å². The number of carbonyl (C=O) groups excluding carboxylic acids is 1. The maximum Gasteiger partial charge on any atom is 0.141 e. The maximum absolute atomic E-state index is 11.8. The zero-order chi connectivity index (χ0) is 19.0. The Hall–Kier alpha value is -2.79. The number of aryl methyl sites for hydroxylation is 1. The Labute approximate surface area is 159 Å². The average Bonchev–Trinajstić information content (AvgIpc) is 3.04. The predicted octanol–water partition coefficient (Wildman–Crippen LogP) is 4.04. The van der Waals surface area contributed by atoms with Gasteiger partial charge in [-0.05, 0) is 26.0 Å². The molecule has 1 aliphatic heterocycles. The fraction of sp³-hybridized carbons (Fsp3) is 0.318. The third kappa shape index (κ3) is 2.98. The molecular formula is C22H24N4O. The first-order valence-electron chi connectivity index (χ1n) is 9.47. The van der Waals surface area contributed by atoms with Crippen LogP contribution in [0.4, 0.5) is 5.69 Å². The highest BCUT2D eigenvalue weighted by atomic mass is 16.1. The van der Waals surface area contributed by atoms with Gasteiger partial charge in [0.2, 0.25) is 0 Å². The van der Waals surface area contributed by atoms with Gasteiger partial charge in [-0.3, -0.25) is 14.9 Å². The predicted molar refractivity (Wildman–Crippen MR) is 108 cm³/mol. The minimum atomic E-state index is -0.298. The number of nitrogens with two attached hydrogens (primary N) is 1. The molecular weight excluding hydrogens is 336 g/mol. The molecule has 1 atom stereocenters. The lowest BCUT2D eigenvalue weighted by Gasteiger charge is -2.20. The van der Waals surface area contributed by atoms with Crippen LogP contribution in [0.5, 0.6) is 0 Å². The van der Waals surface area contributed by atoms with Gasteiger partial charge in [-0.15, -0.1) is 0 Å². The van der Waals surface area contributed by atoms with Gasteiger partial charge in [-0.1, -0.05) is 37.6 Å². The third-order valence-electron chi connectivity index (χ3n) is 5.37. The number of para-hydroxylation sites is 1. The van der Waals surface area contributed by atoms with Crippen molar-refractivity contribution in [1.29, 1.82) is 0 Å². The number of carbonyl (C=O) groups is 1. The number of benzene rings is 1. The van der Waals surface area contributed by atoms with Crippen LogP contribution in [0.15, 0.2) is 36.5 Å². The normalized spacial score (nSPS) is 16.6. The van der Waals surface area contributed by atoms with Crippen molar-refractivity contribution in [2.45, 2.75) is 39.3 Å². The molecule has 3 heterocycles. The summed E-state index contributed by atoms with van der Waals surface area (Å²) in [4.78, 5) is 23.4. The number of hydrogen-bond acceptors (Lipinski definition) is 5. The summed E-state index contributed by atoms with van der Waals surface area (Å²) < 4.78 is 0. The fourth-order valence-corrected chi connectivity index (χ4v) is 3.89. The van der Waals surface area contributed by atoms with E-state index in [9.17, 15) is 4.79 Å². The van der Waals surface area contributed by atoms with Crippen LogP contribution in [-0.4, -0.2) is 27.7 Å². The number of nitrogen functional groups attached to an aromatic ring is 1. The van der Waals surface area contributed by atoms with Crippen molar-refractivity contribution >= 4 is 22.9 Å². The van der Waals surface area contributed by atoms with Crippen LogP contribution in [0.25, 0.3) is 22.0 Å². The van der Waals surface area contributed by atoms with E-state index in [2.05, 4.69) is 28.9 Å². The number of unbranched alkanes of at least 4 members (excludes halogenated alkanes) is 1. The van der Waals surface area contributed by atoms with Crippen LogP contribution in [0, 0.1) is 6.92 Å². The summed E-state index contributed by atoms with van der Waals surface area (Å²) in [6.45, 7) is 5.67. The lowest BCUT2D eigenvalue weighted by molar-refractivity contribution is -0.112. The standard InChI is InChI=1S/C22H24N4O/c1-3-4-10-26-12-18-20(19(26)13-27)21(23)17-7-5-6-16(22(17)25-18)15-9-8-14(2)24-11-15/h5-9,11,13,19H,3-4,10,12H2,1-2H3,(H2,23,25).